The maximum absolute atomic E-state index is 13.0. The third-order valence-corrected chi connectivity index (χ3v) is 8.41. The van der Waals surface area contributed by atoms with Crippen LogP contribution in [0.1, 0.15) is 46.5 Å². The first-order valence-corrected chi connectivity index (χ1v) is 8.95. The van der Waals surface area contributed by atoms with Crippen LogP contribution >= 0.6 is 0 Å². The van der Waals surface area contributed by atoms with Crippen LogP contribution in [0, 0.1) is 0 Å². The van der Waals surface area contributed by atoms with Crippen LogP contribution in [0.25, 0.3) is 0 Å². The molecule has 0 amide bonds. The van der Waals surface area contributed by atoms with Crippen molar-refractivity contribution >= 4 is 8.32 Å². The summed E-state index contributed by atoms with van der Waals surface area (Å²) in [5, 5.41) is 0.263. The summed E-state index contributed by atoms with van der Waals surface area (Å²) in [7, 11) is -1.64. The third-order valence-electron chi connectivity index (χ3n) is 3.87. The summed E-state index contributed by atoms with van der Waals surface area (Å²) in [5.74, 6) is 0. The molecule has 0 aromatic rings. The quantitative estimate of drug-likeness (QED) is 0.645. The van der Waals surface area contributed by atoms with Crippen LogP contribution in [0.2, 0.25) is 18.1 Å². The highest BCUT2D eigenvalue weighted by molar-refractivity contribution is 6.74. The molecule has 0 atom stereocenters. The summed E-state index contributed by atoms with van der Waals surface area (Å²) < 4.78 is 19.2. The van der Waals surface area contributed by atoms with Crippen molar-refractivity contribution < 1.29 is 8.82 Å². The molecule has 1 aliphatic rings. The molecule has 1 rings (SSSR count). The molecular formula is C12H25FOSi. The molecule has 0 aromatic heterocycles. The normalized spacial score (nSPS) is 29.2. The van der Waals surface area contributed by atoms with Crippen molar-refractivity contribution in [1.82, 2.24) is 0 Å². The van der Waals surface area contributed by atoms with E-state index in [1.54, 1.807) is 0 Å². The fourth-order valence-electron chi connectivity index (χ4n) is 1.73. The lowest BCUT2D eigenvalue weighted by molar-refractivity contribution is 0.101. The van der Waals surface area contributed by atoms with E-state index in [-0.39, 0.29) is 5.04 Å². The average molecular weight is 232 g/mol. The maximum atomic E-state index is 13.0. The SMILES string of the molecule is CC(C)(C)[Si](C)(C)OC1CCC(F)CC1. The van der Waals surface area contributed by atoms with Gasteiger partial charge in [0.15, 0.2) is 8.32 Å². The second kappa shape index (κ2) is 4.54. The predicted molar refractivity (Wildman–Crippen MR) is 65.4 cm³/mol. The standard InChI is InChI=1S/C12H25FOSi/c1-12(2,3)15(4,5)14-11-8-6-10(13)7-9-11/h10-11H,6-9H2,1-5H3. The third kappa shape index (κ3) is 3.56. The molecule has 0 heterocycles. The monoisotopic (exact) mass is 232 g/mol. The zero-order valence-electron chi connectivity index (χ0n) is 10.8. The van der Waals surface area contributed by atoms with Gasteiger partial charge in [0.1, 0.15) is 6.17 Å². The Bertz CT molecular complexity index is 202. The summed E-state index contributed by atoms with van der Waals surface area (Å²) in [6.45, 7) is 11.3. The minimum Gasteiger partial charge on any atom is -0.414 e. The molecule has 0 unspecified atom stereocenters. The van der Waals surface area contributed by atoms with Crippen LogP contribution < -0.4 is 0 Å². The van der Waals surface area contributed by atoms with Crippen LogP contribution in [-0.2, 0) is 4.43 Å². The van der Waals surface area contributed by atoms with Gasteiger partial charge in [-0.1, -0.05) is 20.8 Å². The molecule has 1 fully saturated rings. The maximum Gasteiger partial charge on any atom is 0.192 e. The Kier molecular flexibility index (Phi) is 3.99. The number of alkyl halides is 1. The number of hydrogen-bond acceptors (Lipinski definition) is 1. The Hall–Kier alpha value is 0.107. The summed E-state index contributed by atoms with van der Waals surface area (Å²) >= 11 is 0. The van der Waals surface area contributed by atoms with Gasteiger partial charge >= 0.3 is 0 Å². The van der Waals surface area contributed by atoms with Crippen molar-refractivity contribution in [2.24, 2.45) is 0 Å². The molecule has 0 aliphatic heterocycles. The van der Waals surface area contributed by atoms with Crippen LogP contribution in [0.3, 0.4) is 0 Å². The van der Waals surface area contributed by atoms with E-state index < -0.39 is 14.5 Å². The van der Waals surface area contributed by atoms with Crippen molar-refractivity contribution in [3.05, 3.63) is 0 Å². The second-order valence-corrected chi connectivity index (χ2v) is 11.0. The Balaban J connectivity index is 2.48. The van der Waals surface area contributed by atoms with Crippen molar-refractivity contribution in [3.8, 4) is 0 Å². The van der Waals surface area contributed by atoms with Gasteiger partial charge in [0.05, 0.1) is 0 Å². The van der Waals surface area contributed by atoms with Gasteiger partial charge in [0, 0.05) is 6.10 Å². The molecule has 1 aliphatic carbocycles. The largest absolute Gasteiger partial charge is 0.414 e. The number of halogens is 1. The van der Waals surface area contributed by atoms with Gasteiger partial charge in [0.2, 0.25) is 0 Å². The summed E-state index contributed by atoms with van der Waals surface area (Å²) in [6.07, 6.45) is 2.95. The van der Waals surface area contributed by atoms with E-state index in [1.165, 1.54) is 0 Å². The van der Waals surface area contributed by atoms with Gasteiger partial charge in [-0.15, -0.1) is 0 Å². The van der Waals surface area contributed by atoms with E-state index in [0.717, 1.165) is 12.8 Å². The molecule has 1 nitrogen and oxygen atoms in total. The van der Waals surface area contributed by atoms with Crippen LogP contribution in [-0.4, -0.2) is 20.6 Å². The zero-order valence-corrected chi connectivity index (χ0v) is 11.8. The highest BCUT2D eigenvalue weighted by Gasteiger charge is 2.39. The van der Waals surface area contributed by atoms with E-state index >= 15 is 0 Å². The summed E-state index contributed by atoms with van der Waals surface area (Å²) in [6, 6.07) is 0. The zero-order chi connectivity index (χ0) is 11.7. The Morgan fingerprint density at radius 3 is 1.93 bits per heavy atom. The molecule has 0 radical (unpaired) electrons. The summed E-state index contributed by atoms with van der Waals surface area (Å²) in [4.78, 5) is 0. The minimum atomic E-state index is -1.64. The van der Waals surface area contributed by atoms with Crippen molar-refractivity contribution in [2.45, 2.75) is 76.9 Å². The number of hydrogen-bond donors (Lipinski definition) is 0. The Morgan fingerprint density at radius 2 is 1.53 bits per heavy atom. The molecule has 0 saturated heterocycles. The first kappa shape index (κ1) is 13.2. The van der Waals surface area contributed by atoms with Gasteiger partial charge in [-0.05, 0) is 43.8 Å². The smallest absolute Gasteiger partial charge is 0.192 e. The van der Waals surface area contributed by atoms with E-state index in [9.17, 15) is 4.39 Å². The fourth-order valence-corrected chi connectivity index (χ4v) is 3.16. The summed E-state index contributed by atoms with van der Waals surface area (Å²) in [5.41, 5.74) is 0. The topological polar surface area (TPSA) is 9.23 Å². The van der Waals surface area contributed by atoms with Gasteiger partial charge in [-0.2, -0.15) is 0 Å². The van der Waals surface area contributed by atoms with Crippen LogP contribution in [0.4, 0.5) is 4.39 Å². The van der Waals surface area contributed by atoms with Gasteiger partial charge < -0.3 is 4.43 Å². The van der Waals surface area contributed by atoms with Crippen LogP contribution in [0.5, 0.6) is 0 Å². The molecule has 90 valence electrons. The first-order chi connectivity index (χ1) is 6.72. The molecular weight excluding hydrogens is 207 g/mol. The molecule has 0 bridgehead atoms. The predicted octanol–water partition coefficient (Wildman–Crippen LogP) is 4.29. The highest BCUT2D eigenvalue weighted by atomic mass is 28.4. The van der Waals surface area contributed by atoms with Gasteiger partial charge in [0.25, 0.3) is 0 Å². The van der Waals surface area contributed by atoms with E-state index in [0.29, 0.717) is 18.9 Å². The molecule has 3 heteroatoms. The lowest BCUT2D eigenvalue weighted by Gasteiger charge is -2.40. The molecule has 15 heavy (non-hydrogen) atoms. The van der Waals surface area contributed by atoms with Crippen LogP contribution in [0.15, 0.2) is 0 Å². The van der Waals surface area contributed by atoms with Crippen molar-refractivity contribution in [1.29, 1.82) is 0 Å². The minimum absolute atomic E-state index is 0.263. The lowest BCUT2D eigenvalue weighted by atomic mass is 9.96. The van der Waals surface area contributed by atoms with Crippen molar-refractivity contribution in [3.63, 3.8) is 0 Å². The molecule has 0 aromatic carbocycles. The number of rotatable bonds is 2. The van der Waals surface area contributed by atoms with Gasteiger partial charge in [-0.3, -0.25) is 0 Å². The highest BCUT2D eigenvalue weighted by Crippen LogP contribution is 2.39. The lowest BCUT2D eigenvalue weighted by Crippen LogP contribution is -2.44. The molecule has 0 N–H and O–H groups in total. The Morgan fingerprint density at radius 1 is 1.07 bits per heavy atom. The van der Waals surface area contributed by atoms with Crippen molar-refractivity contribution in [2.75, 3.05) is 0 Å². The van der Waals surface area contributed by atoms with E-state index in [2.05, 4.69) is 33.9 Å². The average Bonchev–Trinajstić information content (AvgIpc) is 2.06. The van der Waals surface area contributed by atoms with E-state index in [1.807, 2.05) is 0 Å². The van der Waals surface area contributed by atoms with E-state index in [4.69, 9.17) is 4.43 Å². The van der Waals surface area contributed by atoms with Gasteiger partial charge in [-0.25, -0.2) is 4.39 Å². The Labute approximate surface area is 94.5 Å². The second-order valence-electron chi connectivity index (χ2n) is 6.25. The molecule has 1 saturated carbocycles. The fraction of sp³-hybridized carbons (Fsp3) is 1.00. The molecule has 0 spiro atoms. The first-order valence-electron chi connectivity index (χ1n) is 6.04.